The lowest BCUT2D eigenvalue weighted by Crippen LogP contribution is -2.31. The van der Waals surface area contributed by atoms with Gasteiger partial charge in [0.05, 0.1) is 18.4 Å². The van der Waals surface area contributed by atoms with Gasteiger partial charge in [-0.15, -0.1) is 0 Å². The first-order valence-corrected chi connectivity index (χ1v) is 8.29. The van der Waals surface area contributed by atoms with Gasteiger partial charge in [0.15, 0.2) is 0 Å². The SMILES string of the molecule is NC(=O)CSc1nc(=O)n(CC2CCCO2)c2c1CCC2. The molecule has 2 N–H and O–H groups in total. The van der Waals surface area contributed by atoms with Crippen LogP contribution in [0, 0.1) is 0 Å². The topological polar surface area (TPSA) is 87.2 Å². The number of amides is 1. The van der Waals surface area contributed by atoms with Gasteiger partial charge >= 0.3 is 5.69 Å². The van der Waals surface area contributed by atoms with Gasteiger partial charge in [-0.25, -0.2) is 4.79 Å². The monoisotopic (exact) mass is 309 g/mol. The van der Waals surface area contributed by atoms with E-state index >= 15 is 0 Å². The van der Waals surface area contributed by atoms with Gasteiger partial charge < -0.3 is 10.5 Å². The number of nitrogens with zero attached hydrogens (tertiary/aromatic N) is 2. The van der Waals surface area contributed by atoms with Gasteiger partial charge in [-0.3, -0.25) is 9.36 Å². The number of ether oxygens (including phenoxy) is 1. The molecule has 1 aliphatic carbocycles. The maximum Gasteiger partial charge on any atom is 0.348 e. The maximum atomic E-state index is 12.3. The molecule has 1 fully saturated rings. The van der Waals surface area contributed by atoms with Crippen molar-refractivity contribution in [3.8, 4) is 0 Å². The molecule has 1 aromatic heterocycles. The fraction of sp³-hybridized carbons (Fsp3) is 0.643. The second-order valence-corrected chi connectivity index (χ2v) is 6.44. The molecule has 0 bridgehead atoms. The first-order valence-electron chi connectivity index (χ1n) is 7.30. The van der Waals surface area contributed by atoms with E-state index in [2.05, 4.69) is 4.98 Å². The number of hydrogen-bond acceptors (Lipinski definition) is 5. The van der Waals surface area contributed by atoms with Gasteiger partial charge in [0.2, 0.25) is 5.91 Å². The van der Waals surface area contributed by atoms with Crippen molar-refractivity contribution in [2.45, 2.75) is 49.8 Å². The third kappa shape index (κ3) is 3.13. The summed E-state index contributed by atoms with van der Waals surface area (Å²) >= 11 is 1.27. The van der Waals surface area contributed by atoms with E-state index in [-0.39, 0.29) is 17.5 Å². The van der Waals surface area contributed by atoms with Crippen LogP contribution in [0.25, 0.3) is 0 Å². The normalized spacial score (nSPS) is 20.7. The highest BCUT2D eigenvalue weighted by atomic mass is 32.2. The molecule has 2 heterocycles. The molecule has 1 atom stereocenters. The molecule has 1 aliphatic heterocycles. The highest BCUT2D eigenvalue weighted by Crippen LogP contribution is 2.29. The Morgan fingerprint density at radius 3 is 3.00 bits per heavy atom. The number of hydrogen-bond donors (Lipinski definition) is 1. The Labute approximate surface area is 127 Å². The number of aromatic nitrogens is 2. The molecule has 1 saturated heterocycles. The Bertz CT molecular complexity index is 608. The van der Waals surface area contributed by atoms with E-state index in [9.17, 15) is 9.59 Å². The van der Waals surface area contributed by atoms with Gasteiger partial charge in [-0.2, -0.15) is 4.98 Å². The Morgan fingerprint density at radius 2 is 2.29 bits per heavy atom. The van der Waals surface area contributed by atoms with Crippen LogP contribution < -0.4 is 11.4 Å². The summed E-state index contributed by atoms with van der Waals surface area (Å²) in [6.07, 6.45) is 5.01. The van der Waals surface area contributed by atoms with Gasteiger partial charge in [-0.05, 0) is 32.1 Å². The van der Waals surface area contributed by atoms with Crippen LogP contribution in [0.15, 0.2) is 9.82 Å². The van der Waals surface area contributed by atoms with E-state index in [1.165, 1.54) is 11.8 Å². The van der Waals surface area contributed by atoms with E-state index in [1.54, 1.807) is 4.57 Å². The number of nitrogens with two attached hydrogens (primary N) is 1. The molecular weight excluding hydrogens is 290 g/mol. The maximum absolute atomic E-state index is 12.3. The molecule has 1 amide bonds. The second-order valence-electron chi connectivity index (χ2n) is 5.48. The van der Waals surface area contributed by atoms with Crippen LogP contribution in [0.5, 0.6) is 0 Å². The summed E-state index contributed by atoms with van der Waals surface area (Å²) in [6.45, 7) is 1.37. The van der Waals surface area contributed by atoms with Crippen molar-refractivity contribution >= 4 is 17.7 Å². The highest BCUT2D eigenvalue weighted by Gasteiger charge is 2.25. The number of thioether (sulfide) groups is 1. The van der Waals surface area contributed by atoms with Crippen LogP contribution in [0.3, 0.4) is 0 Å². The zero-order chi connectivity index (χ0) is 14.8. The largest absolute Gasteiger partial charge is 0.376 e. The molecule has 3 rings (SSSR count). The van der Waals surface area contributed by atoms with E-state index in [0.29, 0.717) is 11.6 Å². The minimum atomic E-state index is -0.392. The molecule has 6 nitrogen and oxygen atoms in total. The third-order valence-corrected chi connectivity index (χ3v) is 5.00. The van der Waals surface area contributed by atoms with Crippen molar-refractivity contribution in [2.75, 3.05) is 12.4 Å². The Balaban J connectivity index is 1.89. The molecule has 21 heavy (non-hydrogen) atoms. The summed E-state index contributed by atoms with van der Waals surface area (Å²) in [6, 6.07) is 0. The number of carbonyl (C=O) groups is 1. The summed E-state index contributed by atoms with van der Waals surface area (Å²) in [5.41, 5.74) is 7.11. The average molecular weight is 309 g/mol. The lowest BCUT2D eigenvalue weighted by molar-refractivity contribution is -0.115. The summed E-state index contributed by atoms with van der Waals surface area (Å²) in [7, 11) is 0. The van der Waals surface area contributed by atoms with Crippen molar-refractivity contribution in [1.82, 2.24) is 9.55 Å². The fourth-order valence-electron chi connectivity index (χ4n) is 3.03. The lowest BCUT2D eigenvalue weighted by atomic mass is 10.2. The Kier molecular flexibility index (Phi) is 4.30. The number of carbonyl (C=O) groups excluding carboxylic acids is 1. The molecule has 0 saturated carbocycles. The molecular formula is C14H19N3O3S. The van der Waals surface area contributed by atoms with Gasteiger partial charge in [0.25, 0.3) is 0 Å². The second kappa shape index (κ2) is 6.19. The predicted molar refractivity (Wildman–Crippen MR) is 79.4 cm³/mol. The number of rotatable bonds is 5. The van der Waals surface area contributed by atoms with Crippen molar-refractivity contribution in [1.29, 1.82) is 0 Å². The smallest absolute Gasteiger partial charge is 0.348 e. The van der Waals surface area contributed by atoms with Crippen LogP contribution in [-0.2, 0) is 28.9 Å². The molecule has 2 aliphatic rings. The predicted octanol–water partition coefficient (Wildman–Crippen LogP) is 0.488. The number of fused-ring (bicyclic) bond motifs is 1. The zero-order valence-electron chi connectivity index (χ0n) is 11.8. The zero-order valence-corrected chi connectivity index (χ0v) is 12.7. The minimum Gasteiger partial charge on any atom is -0.376 e. The van der Waals surface area contributed by atoms with E-state index in [4.69, 9.17) is 10.5 Å². The molecule has 114 valence electrons. The molecule has 0 aromatic carbocycles. The van der Waals surface area contributed by atoms with Crippen molar-refractivity contribution in [3.63, 3.8) is 0 Å². The van der Waals surface area contributed by atoms with Crippen molar-refractivity contribution in [3.05, 3.63) is 21.7 Å². The van der Waals surface area contributed by atoms with Crippen LogP contribution in [0.1, 0.15) is 30.5 Å². The van der Waals surface area contributed by atoms with E-state index in [1.807, 2.05) is 0 Å². The molecule has 0 spiro atoms. The van der Waals surface area contributed by atoms with Crippen molar-refractivity contribution < 1.29 is 9.53 Å². The van der Waals surface area contributed by atoms with E-state index in [0.717, 1.165) is 50.0 Å². The van der Waals surface area contributed by atoms with Crippen molar-refractivity contribution in [2.24, 2.45) is 5.73 Å². The number of primary amides is 1. The summed E-state index contributed by atoms with van der Waals surface area (Å²) in [4.78, 5) is 27.4. The Hall–Kier alpha value is -1.34. The molecule has 7 heteroatoms. The van der Waals surface area contributed by atoms with Crippen LogP contribution in [-0.4, -0.2) is 33.9 Å². The van der Waals surface area contributed by atoms with Gasteiger partial charge in [0.1, 0.15) is 5.03 Å². The first-order chi connectivity index (χ1) is 10.1. The van der Waals surface area contributed by atoms with Crippen LogP contribution in [0.2, 0.25) is 0 Å². The minimum absolute atomic E-state index is 0.123. The summed E-state index contributed by atoms with van der Waals surface area (Å²) in [5, 5.41) is 0.676. The molecule has 1 unspecified atom stereocenters. The van der Waals surface area contributed by atoms with Gasteiger partial charge in [-0.1, -0.05) is 11.8 Å². The van der Waals surface area contributed by atoms with Gasteiger partial charge in [0, 0.05) is 17.9 Å². The molecule has 0 radical (unpaired) electrons. The summed E-state index contributed by atoms with van der Waals surface area (Å²) in [5.74, 6) is -0.230. The first kappa shape index (κ1) is 14.6. The van der Waals surface area contributed by atoms with E-state index < -0.39 is 5.91 Å². The highest BCUT2D eigenvalue weighted by molar-refractivity contribution is 7.99. The van der Waals surface area contributed by atoms with Crippen LogP contribution in [0.4, 0.5) is 0 Å². The molecule has 1 aromatic rings. The van der Waals surface area contributed by atoms with Crippen LogP contribution >= 0.6 is 11.8 Å². The third-order valence-electron chi connectivity index (χ3n) is 3.96. The average Bonchev–Trinajstić information content (AvgIpc) is 3.10. The standard InChI is InChI=1S/C14H19N3O3S/c15-12(18)8-21-13-10-4-1-5-11(10)17(14(19)16-13)7-9-3-2-6-20-9/h9H,1-8H2,(H2,15,18). The summed E-state index contributed by atoms with van der Waals surface area (Å²) < 4.78 is 7.40. The lowest BCUT2D eigenvalue weighted by Gasteiger charge is -2.17. The Morgan fingerprint density at radius 1 is 1.43 bits per heavy atom. The quantitative estimate of drug-likeness (QED) is 0.632. The fourth-order valence-corrected chi connectivity index (χ4v) is 3.84.